The van der Waals surface area contributed by atoms with E-state index in [0.29, 0.717) is 36.0 Å². The number of aliphatic carboxylic acids is 1. The molecule has 1 saturated heterocycles. The molecule has 0 bridgehead atoms. The molecule has 13 heteroatoms. The number of carboxylic acid groups (broad SMARTS) is 1. The van der Waals surface area contributed by atoms with Gasteiger partial charge in [0.15, 0.2) is 5.75 Å². The monoisotopic (exact) mass is 575 g/mol. The molecule has 0 saturated carbocycles. The molecule has 0 spiro atoms. The number of hydrogen-bond acceptors (Lipinski definition) is 8. The summed E-state index contributed by atoms with van der Waals surface area (Å²) in [6.07, 6.45) is 4.67. The number of likely N-dealkylation sites (tertiary alicyclic amines) is 1. The topological polar surface area (TPSA) is 159 Å². The van der Waals surface area contributed by atoms with E-state index in [0.717, 1.165) is 30.2 Å². The van der Waals surface area contributed by atoms with E-state index < -0.39 is 21.7 Å². The molecule has 2 heterocycles. The van der Waals surface area contributed by atoms with Gasteiger partial charge < -0.3 is 25.2 Å². The maximum Gasteiger partial charge on any atom is 0.320 e. The van der Waals surface area contributed by atoms with Crippen LogP contribution in [-0.2, 0) is 19.6 Å². The van der Waals surface area contributed by atoms with E-state index in [2.05, 4.69) is 9.89 Å². The second kappa shape index (κ2) is 12.4. The second-order valence-electron chi connectivity index (χ2n) is 9.05. The van der Waals surface area contributed by atoms with Crippen LogP contribution in [0.15, 0.2) is 53.5 Å². The third-order valence-electron chi connectivity index (χ3n) is 6.20. The number of nitrogen functional groups attached to an aromatic ring is 1. The lowest BCUT2D eigenvalue weighted by Crippen LogP contribution is -2.42. The summed E-state index contributed by atoms with van der Waals surface area (Å²) in [4.78, 5) is 17.7. The van der Waals surface area contributed by atoms with Crippen molar-refractivity contribution in [1.82, 2.24) is 4.90 Å². The van der Waals surface area contributed by atoms with Gasteiger partial charge in [0, 0.05) is 31.5 Å². The van der Waals surface area contributed by atoms with Crippen LogP contribution in [0.2, 0.25) is 5.02 Å². The third-order valence-corrected chi connectivity index (χ3v) is 8.14. The predicted octanol–water partition coefficient (Wildman–Crippen LogP) is 2.79. The van der Waals surface area contributed by atoms with Crippen LogP contribution < -0.4 is 14.8 Å². The van der Waals surface area contributed by atoms with Crippen LogP contribution in [0.3, 0.4) is 0 Å². The molecule has 0 unspecified atom stereocenters. The smallest absolute Gasteiger partial charge is 0.320 e. The van der Waals surface area contributed by atoms with Crippen LogP contribution >= 0.6 is 11.6 Å². The lowest BCUT2D eigenvalue weighted by Gasteiger charge is -2.32. The summed E-state index contributed by atoms with van der Waals surface area (Å²) in [7, 11) is -4.22. The number of piperidine rings is 1. The minimum absolute atomic E-state index is 0.0767. The van der Waals surface area contributed by atoms with Crippen molar-refractivity contribution in [3.8, 4) is 5.75 Å². The summed E-state index contributed by atoms with van der Waals surface area (Å²) in [5.41, 5.74) is 6.98. The predicted molar refractivity (Wildman–Crippen MR) is 150 cm³/mol. The van der Waals surface area contributed by atoms with E-state index in [-0.39, 0.29) is 29.2 Å². The number of amidine groups is 2. The highest BCUT2D eigenvalue weighted by Crippen LogP contribution is 2.33. The Morgan fingerprint density at radius 1 is 1.28 bits per heavy atom. The van der Waals surface area contributed by atoms with Gasteiger partial charge in [0.05, 0.1) is 23.8 Å². The van der Waals surface area contributed by atoms with Crippen molar-refractivity contribution in [3.05, 3.63) is 64.7 Å². The van der Waals surface area contributed by atoms with Gasteiger partial charge in [0.25, 0.3) is 6.02 Å². The number of benzene rings is 2. The lowest BCUT2D eigenvalue weighted by atomic mass is 10.1. The first-order chi connectivity index (χ1) is 18.6. The summed E-state index contributed by atoms with van der Waals surface area (Å²) >= 11 is 6.50. The molecule has 2 aromatic rings. The minimum atomic E-state index is -4.22. The Labute approximate surface area is 232 Å². The maximum absolute atomic E-state index is 12.9. The number of sulfonamides is 1. The molecule has 2 aliphatic rings. The van der Waals surface area contributed by atoms with Crippen LogP contribution in [-0.4, -0.2) is 80.9 Å². The minimum Gasteiger partial charge on any atom is -0.489 e. The molecule has 0 aromatic heterocycles. The number of nitrogens with two attached hydrogens (primary N) is 1. The van der Waals surface area contributed by atoms with Crippen LogP contribution in [0, 0.1) is 5.41 Å². The molecule has 0 radical (unpaired) electrons. The summed E-state index contributed by atoms with van der Waals surface area (Å²) in [6.45, 7) is 2.62. The molecule has 1 fully saturated rings. The molecule has 0 amide bonds. The SMILES string of the molecule is N=C(N)c1cccc(C=CCN(c2ccc(OC3CCN(C4=NCCO4)CC3)c(Cl)c2)S(=O)(=O)CC(=O)O)c1. The average molecular weight is 576 g/mol. The Morgan fingerprint density at radius 3 is 2.69 bits per heavy atom. The molecule has 2 aromatic carbocycles. The second-order valence-corrected chi connectivity index (χ2v) is 11.4. The fourth-order valence-corrected chi connectivity index (χ4v) is 5.74. The first-order valence-electron chi connectivity index (χ1n) is 12.3. The van der Waals surface area contributed by atoms with Gasteiger partial charge in [-0.25, -0.2) is 13.4 Å². The van der Waals surface area contributed by atoms with E-state index in [4.69, 9.17) is 32.2 Å². The molecule has 208 valence electrons. The number of hydrogen-bond donors (Lipinski definition) is 3. The van der Waals surface area contributed by atoms with Gasteiger partial charge in [0.1, 0.15) is 24.3 Å². The number of carboxylic acids is 1. The number of carbonyl (C=O) groups is 1. The van der Waals surface area contributed by atoms with Crippen LogP contribution in [0.1, 0.15) is 24.0 Å². The number of aliphatic imine (C=N–C) groups is 1. The molecule has 4 rings (SSSR count). The Morgan fingerprint density at radius 2 is 2.05 bits per heavy atom. The first-order valence-corrected chi connectivity index (χ1v) is 14.3. The molecule has 2 aliphatic heterocycles. The number of rotatable bonds is 10. The average Bonchev–Trinajstić information content (AvgIpc) is 3.43. The van der Waals surface area contributed by atoms with Crippen molar-refractivity contribution in [3.63, 3.8) is 0 Å². The first kappa shape index (κ1) is 28.2. The normalized spacial score (nSPS) is 16.1. The zero-order valence-electron chi connectivity index (χ0n) is 21.1. The van der Waals surface area contributed by atoms with Gasteiger partial charge >= 0.3 is 5.97 Å². The van der Waals surface area contributed by atoms with E-state index in [1.807, 2.05) is 0 Å². The quantitative estimate of drug-likeness (QED) is 0.288. The Balaban J connectivity index is 1.47. The van der Waals surface area contributed by atoms with Crippen molar-refractivity contribution in [2.45, 2.75) is 18.9 Å². The summed E-state index contributed by atoms with van der Waals surface area (Å²) in [6, 6.07) is 12.2. The Bertz CT molecular complexity index is 1390. The largest absolute Gasteiger partial charge is 0.489 e. The molecule has 0 aliphatic carbocycles. The van der Waals surface area contributed by atoms with E-state index in [9.17, 15) is 18.3 Å². The van der Waals surface area contributed by atoms with E-state index >= 15 is 0 Å². The van der Waals surface area contributed by atoms with E-state index in [1.165, 1.54) is 6.07 Å². The van der Waals surface area contributed by atoms with Crippen molar-refractivity contribution in [1.29, 1.82) is 5.41 Å². The number of ether oxygens (including phenoxy) is 2. The van der Waals surface area contributed by atoms with Gasteiger partial charge in [-0.05, 0) is 29.8 Å². The Hall–Kier alpha value is -3.77. The third kappa shape index (κ3) is 7.42. The van der Waals surface area contributed by atoms with Gasteiger partial charge in [-0.1, -0.05) is 42.0 Å². The lowest BCUT2D eigenvalue weighted by molar-refractivity contribution is -0.134. The van der Waals surface area contributed by atoms with Crippen molar-refractivity contribution >= 4 is 51.2 Å². The zero-order chi connectivity index (χ0) is 28.0. The van der Waals surface area contributed by atoms with Crippen molar-refractivity contribution < 1.29 is 27.8 Å². The summed E-state index contributed by atoms with van der Waals surface area (Å²) in [5.74, 6) is -2.22. The molecule has 0 atom stereocenters. The van der Waals surface area contributed by atoms with Crippen molar-refractivity contribution in [2.24, 2.45) is 10.7 Å². The molecule has 39 heavy (non-hydrogen) atoms. The van der Waals surface area contributed by atoms with Gasteiger partial charge in [-0.3, -0.25) is 14.5 Å². The highest BCUT2D eigenvalue weighted by molar-refractivity contribution is 7.93. The Kier molecular flexibility index (Phi) is 8.97. The summed E-state index contributed by atoms with van der Waals surface area (Å²) < 4.78 is 38.5. The number of anilines is 1. The van der Waals surface area contributed by atoms with Gasteiger partial charge in [0.2, 0.25) is 10.0 Å². The van der Waals surface area contributed by atoms with Crippen molar-refractivity contribution in [2.75, 3.05) is 42.8 Å². The molecule has 4 N–H and O–H groups in total. The van der Waals surface area contributed by atoms with E-state index in [1.54, 1.807) is 48.6 Å². The molecular formula is C26H30ClN5O6S. The highest BCUT2D eigenvalue weighted by Gasteiger charge is 2.28. The van der Waals surface area contributed by atoms with Gasteiger partial charge in [-0.15, -0.1) is 0 Å². The van der Waals surface area contributed by atoms with Crippen LogP contribution in [0.4, 0.5) is 5.69 Å². The molecule has 11 nitrogen and oxygen atoms in total. The number of nitrogens with zero attached hydrogens (tertiary/aromatic N) is 3. The van der Waals surface area contributed by atoms with Crippen LogP contribution in [0.5, 0.6) is 5.75 Å². The van der Waals surface area contributed by atoms with Gasteiger partial charge in [-0.2, -0.15) is 0 Å². The zero-order valence-corrected chi connectivity index (χ0v) is 22.7. The standard InChI is InChI=1S/C26H30ClN5O6S/c27-22-16-20(6-7-23(22)38-21-8-12-31(13-9-21)26-30-10-14-37-26)32(39(35,36)17-24(33)34)11-2-4-18-3-1-5-19(15-18)25(28)29/h1-7,15-16,21H,8-14,17H2,(H3,28,29)(H,33,34). The van der Waals surface area contributed by atoms with Crippen LogP contribution in [0.25, 0.3) is 6.08 Å². The fraction of sp³-hybridized carbons (Fsp3) is 0.346. The molecular weight excluding hydrogens is 546 g/mol. The number of halogens is 1. The number of nitrogens with one attached hydrogen (secondary N) is 1. The highest BCUT2D eigenvalue weighted by atomic mass is 35.5. The maximum atomic E-state index is 12.9. The summed E-state index contributed by atoms with van der Waals surface area (Å²) in [5, 5.41) is 17.0. The fourth-order valence-electron chi connectivity index (χ4n) is 4.31.